The van der Waals surface area contributed by atoms with E-state index in [1.165, 1.54) is 12.1 Å². The summed E-state index contributed by atoms with van der Waals surface area (Å²) in [7, 11) is 0. The van der Waals surface area contributed by atoms with Crippen molar-refractivity contribution in [3.05, 3.63) is 47.5 Å². The molecular weight excluding hydrogens is 219 g/mol. The molecule has 2 rings (SSSR count). The summed E-state index contributed by atoms with van der Waals surface area (Å²) in [6.07, 6.45) is 0.412. The van der Waals surface area contributed by atoms with Crippen LogP contribution >= 0.6 is 0 Å². The second kappa shape index (κ2) is 4.53. The van der Waals surface area contributed by atoms with E-state index in [-0.39, 0.29) is 11.6 Å². The zero-order chi connectivity index (χ0) is 12.4. The molecule has 0 spiro atoms. The second-order valence-corrected chi connectivity index (χ2v) is 3.90. The minimum absolute atomic E-state index is 0.0315. The Morgan fingerprint density at radius 3 is 2.71 bits per heavy atom. The molecule has 0 aliphatic carbocycles. The Morgan fingerprint density at radius 2 is 2.06 bits per heavy atom. The molecule has 3 heteroatoms. The number of aryl methyl sites for hydroxylation is 1. The number of carbonyl (C=O) groups excluding carboxylic acids is 1. The molecule has 0 unspecified atom stereocenters. The highest BCUT2D eigenvalue weighted by atomic mass is 19.1. The average Bonchev–Trinajstić information content (AvgIpc) is 2.77. The fourth-order valence-corrected chi connectivity index (χ4v) is 1.71. The molecule has 0 saturated heterocycles. The number of halogens is 1. The first kappa shape index (κ1) is 11.6. The lowest BCUT2D eigenvalue weighted by atomic mass is 10.1. The van der Waals surface area contributed by atoms with Crippen LogP contribution in [0.5, 0.6) is 0 Å². The second-order valence-electron chi connectivity index (χ2n) is 3.90. The van der Waals surface area contributed by atoms with Crippen LogP contribution in [0, 0.1) is 12.7 Å². The number of hydrogen-bond donors (Lipinski definition) is 0. The Labute approximate surface area is 99.1 Å². The Bertz CT molecular complexity index is 555. The van der Waals surface area contributed by atoms with Crippen molar-refractivity contribution >= 4 is 5.78 Å². The number of hydrogen-bond acceptors (Lipinski definition) is 2. The average molecular weight is 232 g/mol. The molecule has 0 amide bonds. The summed E-state index contributed by atoms with van der Waals surface area (Å²) >= 11 is 0. The minimum Gasteiger partial charge on any atom is -0.453 e. The third-order valence-corrected chi connectivity index (χ3v) is 2.66. The number of furan rings is 1. The number of ketones is 1. The van der Waals surface area contributed by atoms with Crippen LogP contribution in [0.3, 0.4) is 0 Å². The zero-order valence-electron chi connectivity index (χ0n) is 9.79. The highest BCUT2D eigenvalue weighted by Gasteiger charge is 2.11. The van der Waals surface area contributed by atoms with Gasteiger partial charge >= 0.3 is 0 Å². The molecule has 0 aliphatic heterocycles. The predicted molar refractivity (Wildman–Crippen MR) is 63.5 cm³/mol. The third-order valence-electron chi connectivity index (χ3n) is 2.66. The lowest BCUT2D eigenvalue weighted by Crippen LogP contribution is -1.92. The minimum atomic E-state index is -0.275. The van der Waals surface area contributed by atoms with E-state index in [1.54, 1.807) is 25.1 Å². The van der Waals surface area contributed by atoms with Crippen LogP contribution in [-0.4, -0.2) is 5.78 Å². The van der Waals surface area contributed by atoms with Crippen molar-refractivity contribution in [3.8, 4) is 11.3 Å². The first-order chi connectivity index (χ1) is 8.11. The van der Waals surface area contributed by atoms with Crippen molar-refractivity contribution in [2.24, 2.45) is 0 Å². The van der Waals surface area contributed by atoms with Gasteiger partial charge in [0.1, 0.15) is 11.6 Å². The predicted octanol–water partition coefficient (Wildman–Crippen LogP) is 3.99. The number of rotatable bonds is 3. The van der Waals surface area contributed by atoms with Crippen molar-refractivity contribution in [3.63, 3.8) is 0 Å². The third kappa shape index (κ3) is 2.28. The molecule has 0 atom stereocenters. The van der Waals surface area contributed by atoms with Crippen molar-refractivity contribution in [1.29, 1.82) is 0 Å². The van der Waals surface area contributed by atoms with Gasteiger partial charge in [0.2, 0.25) is 0 Å². The van der Waals surface area contributed by atoms with Gasteiger partial charge in [-0.15, -0.1) is 0 Å². The van der Waals surface area contributed by atoms with E-state index in [9.17, 15) is 9.18 Å². The maximum absolute atomic E-state index is 13.0. The van der Waals surface area contributed by atoms with Gasteiger partial charge in [0, 0.05) is 12.0 Å². The molecule has 1 aromatic heterocycles. The van der Waals surface area contributed by atoms with Crippen LogP contribution in [0.1, 0.15) is 29.5 Å². The van der Waals surface area contributed by atoms with Crippen molar-refractivity contribution in [2.75, 3.05) is 0 Å². The summed E-state index contributed by atoms with van der Waals surface area (Å²) in [6.45, 7) is 3.59. The molecule has 2 nitrogen and oxygen atoms in total. The van der Waals surface area contributed by atoms with Gasteiger partial charge in [-0.25, -0.2) is 4.39 Å². The lowest BCUT2D eigenvalue weighted by Gasteiger charge is -2.02. The molecule has 0 fully saturated rings. The van der Waals surface area contributed by atoms with Gasteiger partial charge in [0.05, 0.1) is 0 Å². The summed E-state index contributed by atoms with van der Waals surface area (Å²) in [5.41, 5.74) is 1.59. The molecule has 0 aliphatic rings. The first-order valence-corrected chi connectivity index (χ1v) is 5.51. The highest BCUT2D eigenvalue weighted by Crippen LogP contribution is 2.26. The Morgan fingerprint density at radius 1 is 1.29 bits per heavy atom. The normalized spacial score (nSPS) is 10.5. The molecule has 0 bridgehead atoms. The van der Waals surface area contributed by atoms with Gasteiger partial charge in [-0.3, -0.25) is 4.79 Å². The van der Waals surface area contributed by atoms with Crippen LogP contribution in [0.15, 0.2) is 34.7 Å². The van der Waals surface area contributed by atoms with E-state index < -0.39 is 0 Å². The monoisotopic (exact) mass is 232 g/mol. The summed E-state index contributed by atoms with van der Waals surface area (Å²) in [6, 6.07) is 7.88. The smallest absolute Gasteiger partial charge is 0.197 e. The molecular formula is C14H13FO2. The molecule has 2 aromatic rings. The highest BCUT2D eigenvalue weighted by molar-refractivity contribution is 5.93. The van der Waals surface area contributed by atoms with E-state index in [1.807, 2.05) is 6.92 Å². The van der Waals surface area contributed by atoms with Gasteiger partial charge in [0.25, 0.3) is 0 Å². The molecule has 1 heterocycles. The summed E-state index contributed by atoms with van der Waals surface area (Å²) in [5, 5.41) is 0. The van der Waals surface area contributed by atoms with Gasteiger partial charge < -0.3 is 4.42 Å². The molecule has 1 aromatic carbocycles. The lowest BCUT2D eigenvalue weighted by molar-refractivity contribution is 0.0962. The molecule has 0 N–H and O–H groups in total. The summed E-state index contributed by atoms with van der Waals surface area (Å²) < 4.78 is 18.4. The van der Waals surface area contributed by atoms with Crippen molar-refractivity contribution in [1.82, 2.24) is 0 Å². The molecule has 0 radical (unpaired) electrons. The van der Waals surface area contributed by atoms with Crippen molar-refractivity contribution in [2.45, 2.75) is 20.3 Å². The maximum atomic E-state index is 13.0. The largest absolute Gasteiger partial charge is 0.453 e. The standard InChI is InChI=1S/C14H13FO2/c1-3-12(16)14-7-6-13(17-14)11-5-4-10(15)8-9(11)2/h4-8H,3H2,1-2H3. The zero-order valence-corrected chi connectivity index (χ0v) is 9.79. The molecule has 17 heavy (non-hydrogen) atoms. The quantitative estimate of drug-likeness (QED) is 0.749. The fourth-order valence-electron chi connectivity index (χ4n) is 1.71. The molecule has 0 saturated carbocycles. The van der Waals surface area contributed by atoms with Gasteiger partial charge in [-0.05, 0) is 42.8 Å². The van der Waals surface area contributed by atoms with Crippen LogP contribution in [0.25, 0.3) is 11.3 Å². The molecule has 88 valence electrons. The summed E-state index contributed by atoms with van der Waals surface area (Å²) in [4.78, 5) is 11.4. The van der Waals surface area contributed by atoms with Crippen LogP contribution in [0.2, 0.25) is 0 Å². The van der Waals surface area contributed by atoms with Crippen LogP contribution < -0.4 is 0 Å². The number of carbonyl (C=O) groups is 1. The fraction of sp³-hybridized carbons (Fsp3) is 0.214. The van der Waals surface area contributed by atoms with Gasteiger partial charge in [-0.1, -0.05) is 6.92 Å². The van der Waals surface area contributed by atoms with Gasteiger partial charge in [-0.2, -0.15) is 0 Å². The van der Waals surface area contributed by atoms with E-state index in [0.29, 0.717) is 17.9 Å². The number of benzene rings is 1. The van der Waals surface area contributed by atoms with E-state index in [2.05, 4.69) is 0 Å². The maximum Gasteiger partial charge on any atom is 0.197 e. The van der Waals surface area contributed by atoms with Crippen LogP contribution in [-0.2, 0) is 0 Å². The topological polar surface area (TPSA) is 30.2 Å². The Hall–Kier alpha value is -1.90. The SMILES string of the molecule is CCC(=O)c1ccc(-c2ccc(F)cc2C)o1. The van der Waals surface area contributed by atoms with Crippen molar-refractivity contribution < 1.29 is 13.6 Å². The van der Waals surface area contributed by atoms with E-state index in [4.69, 9.17) is 4.42 Å². The Balaban J connectivity index is 2.40. The van der Waals surface area contributed by atoms with E-state index in [0.717, 1.165) is 11.1 Å². The first-order valence-electron chi connectivity index (χ1n) is 5.51. The Kier molecular flexibility index (Phi) is 3.09. The van der Waals surface area contributed by atoms with Crippen LogP contribution in [0.4, 0.5) is 4.39 Å². The number of Topliss-reactive ketones (excluding diaryl/α,β-unsaturated/α-hetero) is 1. The summed E-state index contributed by atoms with van der Waals surface area (Å²) in [5.74, 6) is 0.643. The van der Waals surface area contributed by atoms with E-state index >= 15 is 0 Å². The van der Waals surface area contributed by atoms with Gasteiger partial charge in [0.15, 0.2) is 11.5 Å².